The molecule has 2 heterocycles. The summed E-state index contributed by atoms with van der Waals surface area (Å²) in [6, 6.07) is 19.3. The summed E-state index contributed by atoms with van der Waals surface area (Å²) >= 11 is 9.94. The van der Waals surface area contributed by atoms with Crippen LogP contribution in [0.1, 0.15) is 18.9 Å². The molecule has 4 aromatic rings. The third-order valence-corrected chi connectivity index (χ3v) is 7.63. The number of benzene rings is 3. The third kappa shape index (κ3) is 5.29. The van der Waals surface area contributed by atoms with Crippen molar-refractivity contribution in [3.05, 3.63) is 69.7 Å². The van der Waals surface area contributed by atoms with Gasteiger partial charge in [-0.15, -0.1) is 10.2 Å². The number of aromatic nitrogens is 1. The molecule has 0 saturated heterocycles. The molecule has 172 valence electrons. The molecule has 3 aromatic carbocycles. The average molecular weight is 523 g/mol. The molecular weight excluding hydrogens is 503 g/mol. The number of aryl methyl sites for hydroxylation is 1. The molecule has 0 bridgehead atoms. The number of rotatable bonds is 3. The first kappa shape index (κ1) is 24.3. The van der Waals surface area contributed by atoms with Gasteiger partial charge in [-0.05, 0) is 49.6 Å². The standard InChI is InChI=1S/C23H20ClN2S2.ClHO4/c1-3-25-18-13-16(24)10-12-19(18)27-21(25)14-22-26(4-2)23-17-8-6-5-7-15(17)9-11-20(23)28-22;2-1(3,4)5/h5-14H,3-4H2,1-2H3;(H,2,3,4,5)/q+1;/p-1. The average Bonchev–Trinajstić information content (AvgIpc) is 3.29. The van der Waals surface area contributed by atoms with Gasteiger partial charge in [-0.25, -0.2) is 18.6 Å². The maximum atomic E-state index is 8.49. The lowest BCUT2D eigenvalue weighted by molar-refractivity contribution is -2.00. The Kier molecular flexibility index (Phi) is 7.18. The molecule has 0 radical (unpaired) electrons. The Morgan fingerprint density at radius 1 is 1.03 bits per heavy atom. The second-order valence-electron chi connectivity index (χ2n) is 7.14. The van der Waals surface area contributed by atoms with Crippen LogP contribution < -0.4 is 28.1 Å². The molecule has 0 saturated carbocycles. The summed E-state index contributed by atoms with van der Waals surface area (Å²) < 4.78 is 37.7. The van der Waals surface area contributed by atoms with E-state index in [0.29, 0.717) is 0 Å². The van der Waals surface area contributed by atoms with Crippen LogP contribution >= 0.6 is 34.7 Å². The minimum atomic E-state index is -4.94. The van der Waals surface area contributed by atoms with Gasteiger partial charge in [-0.2, -0.15) is 4.57 Å². The van der Waals surface area contributed by atoms with Crippen LogP contribution in [0.2, 0.25) is 5.02 Å². The van der Waals surface area contributed by atoms with Crippen molar-refractivity contribution in [2.45, 2.75) is 25.3 Å². The zero-order valence-corrected chi connectivity index (χ0v) is 20.9. The molecule has 1 aliphatic heterocycles. The number of hydrogen-bond acceptors (Lipinski definition) is 7. The summed E-state index contributed by atoms with van der Waals surface area (Å²) in [6.45, 7) is 6.29. The Morgan fingerprint density at radius 2 is 1.76 bits per heavy atom. The topological polar surface area (TPSA) is 99.4 Å². The van der Waals surface area contributed by atoms with Crippen molar-refractivity contribution in [1.29, 1.82) is 0 Å². The number of thioether (sulfide) groups is 1. The van der Waals surface area contributed by atoms with Crippen LogP contribution in [0, 0.1) is 10.2 Å². The monoisotopic (exact) mass is 522 g/mol. The van der Waals surface area contributed by atoms with E-state index in [9.17, 15) is 0 Å². The van der Waals surface area contributed by atoms with Crippen LogP contribution in [-0.4, -0.2) is 6.54 Å². The fraction of sp³-hybridized carbons (Fsp3) is 0.174. The molecule has 0 N–H and O–H groups in total. The fourth-order valence-corrected chi connectivity index (χ4v) is 6.47. The summed E-state index contributed by atoms with van der Waals surface area (Å²) in [5.41, 5.74) is 2.55. The van der Waals surface area contributed by atoms with Crippen molar-refractivity contribution >= 4 is 67.5 Å². The van der Waals surface area contributed by atoms with Crippen molar-refractivity contribution in [3.8, 4) is 0 Å². The smallest absolute Gasteiger partial charge is 0.265 e. The van der Waals surface area contributed by atoms with Gasteiger partial charge >= 0.3 is 0 Å². The van der Waals surface area contributed by atoms with E-state index in [4.69, 9.17) is 30.2 Å². The highest BCUT2D eigenvalue weighted by atomic mass is 35.7. The van der Waals surface area contributed by atoms with Gasteiger partial charge in [-0.3, -0.25) is 0 Å². The van der Waals surface area contributed by atoms with Gasteiger partial charge in [0.05, 0.1) is 22.2 Å². The molecule has 1 aromatic heterocycles. The SMILES string of the molecule is CCN1C(=Cc2sc3ccc4ccccc4c3[n+]2CC)Sc2ccc(Cl)cc21.[O-][Cl+3]([O-])([O-])[O-]. The summed E-state index contributed by atoms with van der Waals surface area (Å²) in [5.74, 6) is 0. The van der Waals surface area contributed by atoms with E-state index >= 15 is 0 Å². The Hall–Kier alpha value is -1.88. The van der Waals surface area contributed by atoms with Crippen molar-refractivity contribution in [1.82, 2.24) is 0 Å². The van der Waals surface area contributed by atoms with E-state index in [0.717, 1.165) is 18.1 Å². The lowest BCUT2D eigenvalue weighted by atomic mass is 10.1. The van der Waals surface area contributed by atoms with Crippen molar-refractivity contribution in [3.63, 3.8) is 0 Å². The molecule has 6 nitrogen and oxygen atoms in total. The van der Waals surface area contributed by atoms with E-state index in [-0.39, 0.29) is 0 Å². The Balaban J connectivity index is 0.000000471. The minimum absolute atomic E-state index is 0.788. The second-order valence-corrected chi connectivity index (χ2v) is 10.5. The third-order valence-electron chi connectivity index (χ3n) is 5.19. The maximum absolute atomic E-state index is 8.49. The van der Waals surface area contributed by atoms with E-state index in [1.54, 1.807) is 0 Å². The molecule has 33 heavy (non-hydrogen) atoms. The molecule has 1 aliphatic rings. The van der Waals surface area contributed by atoms with Crippen molar-refractivity contribution in [2.75, 3.05) is 11.4 Å². The van der Waals surface area contributed by atoms with Gasteiger partial charge in [0, 0.05) is 16.5 Å². The number of halogens is 2. The number of thiazole rings is 1. The number of nitrogens with zero attached hydrogens (tertiary/aromatic N) is 2. The van der Waals surface area contributed by atoms with Crippen LogP contribution in [0.15, 0.2) is 64.5 Å². The number of hydrogen-bond donors (Lipinski definition) is 0. The first-order chi connectivity index (χ1) is 15.7. The predicted molar refractivity (Wildman–Crippen MR) is 124 cm³/mol. The summed E-state index contributed by atoms with van der Waals surface area (Å²) in [7, 11) is -4.94. The normalized spacial score (nSPS) is 14.6. The highest BCUT2D eigenvalue weighted by molar-refractivity contribution is 8.03. The highest BCUT2D eigenvalue weighted by Crippen LogP contribution is 2.47. The second kappa shape index (κ2) is 9.77. The van der Waals surface area contributed by atoms with Crippen LogP contribution in [0.4, 0.5) is 5.69 Å². The molecule has 0 fully saturated rings. The van der Waals surface area contributed by atoms with Crippen LogP contribution in [0.5, 0.6) is 0 Å². The molecule has 0 unspecified atom stereocenters. The van der Waals surface area contributed by atoms with Gasteiger partial charge in [0.25, 0.3) is 5.01 Å². The van der Waals surface area contributed by atoms with E-state index in [1.165, 1.54) is 41.6 Å². The Morgan fingerprint density at radius 3 is 2.45 bits per heavy atom. The van der Waals surface area contributed by atoms with Gasteiger partial charge in [0.15, 0.2) is 0 Å². The van der Waals surface area contributed by atoms with Gasteiger partial charge in [0.1, 0.15) is 11.2 Å². The quantitative estimate of drug-likeness (QED) is 0.382. The highest BCUT2D eigenvalue weighted by Gasteiger charge is 2.27. The molecule has 0 atom stereocenters. The van der Waals surface area contributed by atoms with E-state index in [2.05, 4.69) is 77.9 Å². The molecule has 5 rings (SSSR count). The Labute approximate surface area is 206 Å². The lowest BCUT2D eigenvalue weighted by Gasteiger charge is -2.17. The van der Waals surface area contributed by atoms with Crippen LogP contribution in [0.25, 0.3) is 27.1 Å². The first-order valence-electron chi connectivity index (χ1n) is 10.1. The van der Waals surface area contributed by atoms with Gasteiger partial charge in [0.2, 0.25) is 5.52 Å². The van der Waals surface area contributed by atoms with Gasteiger partial charge in [-0.1, -0.05) is 59.0 Å². The lowest BCUT2D eigenvalue weighted by Crippen LogP contribution is -2.68. The largest absolute Gasteiger partial charge is 0.335 e. The van der Waals surface area contributed by atoms with E-state index in [1.807, 2.05) is 29.2 Å². The molecular formula is C23H20Cl2N2O4S2. The molecule has 10 heteroatoms. The number of anilines is 1. The van der Waals surface area contributed by atoms with E-state index < -0.39 is 10.2 Å². The molecule has 0 amide bonds. The minimum Gasteiger partial charge on any atom is -0.335 e. The van der Waals surface area contributed by atoms with Gasteiger partial charge < -0.3 is 4.90 Å². The Bertz CT molecular complexity index is 1350. The molecule has 0 aliphatic carbocycles. The number of fused-ring (bicyclic) bond motifs is 4. The first-order valence-corrected chi connectivity index (χ1v) is 13.4. The summed E-state index contributed by atoms with van der Waals surface area (Å²) in [6.07, 6.45) is 2.34. The van der Waals surface area contributed by atoms with Crippen LogP contribution in [0.3, 0.4) is 0 Å². The predicted octanol–water partition coefficient (Wildman–Crippen LogP) is 2.19. The van der Waals surface area contributed by atoms with Crippen molar-refractivity contribution in [2.24, 2.45) is 0 Å². The zero-order chi connectivity index (χ0) is 23.8. The maximum Gasteiger partial charge on any atom is 0.265 e. The van der Waals surface area contributed by atoms with Crippen molar-refractivity contribution < 1.29 is 33.4 Å². The zero-order valence-electron chi connectivity index (χ0n) is 17.8. The fourth-order valence-electron chi connectivity index (χ4n) is 3.91. The summed E-state index contributed by atoms with van der Waals surface area (Å²) in [4.78, 5) is 3.63. The molecule has 0 spiro atoms. The summed E-state index contributed by atoms with van der Waals surface area (Å²) in [5, 5.41) is 5.95. The van der Waals surface area contributed by atoms with Crippen LogP contribution in [-0.2, 0) is 6.54 Å².